The first-order valence-corrected chi connectivity index (χ1v) is 8.10. The van der Waals surface area contributed by atoms with Gasteiger partial charge in [0.15, 0.2) is 0 Å². The molecular weight excluding hydrogens is 244 g/mol. The molecule has 1 N–H and O–H groups in total. The zero-order chi connectivity index (χ0) is 15.0. The van der Waals surface area contributed by atoms with Crippen molar-refractivity contribution in [2.45, 2.75) is 52.5 Å². The zero-order valence-electron chi connectivity index (χ0n) is 13.9. The van der Waals surface area contributed by atoms with Crippen molar-refractivity contribution in [2.24, 2.45) is 0 Å². The third-order valence-electron chi connectivity index (χ3n) is 3.84. The smallest absolute Gasteiger partial charge is 0.0449 e. The summed E-state index contributed by atoms with van der Waals surface area (Å²) in [5, 5.41) is 3.61. The van der Waals surface area contributed by atoms with E-state index < -0.39 is 0 Å². The zero-order valence-corrected chi connectivity index (χ0v) is 13.9. The van der Waals surface area contributed by atoms with E-state index in [-0.39, 0.29) is 0 Å². The number of nitrogens with zero attached hydrogens (tertiary/aromatic N) is 1. The summed E-state index contributed by atoms with van der Waals surface area (Å²) in [7, 11) is 2.22. The van der Waals surface area contributed by atoms with Gasteiger partial charge >= 0.3 is 0 Å². The largest absolute Gasteiger partial charge is 0.309 e. The second-order valence-corrected chi connectivity index (χ2v) is 6.05. The van der Waals surface area contributed by atoms with Gasteiger partial charge in [-0.1, -0.05) is 58.4 Å². The van der Waals surface area contributed by atoms with Gasteiger partial charge in [0.05, 0.1) is 0 Å². The molecule has 0 aliphatic rings. The molecule has 0 bridgehead atoms. The molecule has 0 aliphatic carbocycles. The second-order valence-electron chi connectivity index (χ2n) is 6.05. The summed E-state index contributed by atoms with van der Waals surface area (Å²) in [5.74, 6) is 0.605. The Labute approximate surface area is 125 Å². The molecule has 0 aromatic heterocycles. The Morgan fingerprint density at radius 2 is 1.65 bits per heavy atom. The van der Waals surface area contributed by atoms with Crippen LogP contribution in [-0.2, 0) is 0 Å². The molecule has 0 fully saturated rings. The minimum Gasteiger partial charge on any atom is -0.309 e. The molecule has 1 aromatic carbocycles. The van der Waals surface area contributed by atoms with Crippen LogP contribution < -0.4 is 5.32 Å². The van der Waals surface area contributed by atoms with Gasteiger partial charge in [-0.25, -0.2) is 0 Å². The molecule has 1 aromatic rings. The van der Waals surface area contributed by atoms with E-state index in [0.29, 0.717) is 12.0 Å². The van der Waals surface area contributed by atoms with E-state index in [2.05, 4.69) is 69.2 Å². The van der Waals surface area contributed by atoms with Crippen molar-refractivity contribution in [3.8, 4) is 0 Å². The highest BCUT2D eigenvalue weighted by atomic mass is 15.1. The second kappa shape index (κ2) is 9.15. The van der Waals surface area contributed by atoms with Crippen molar-refractivity contribution in [3.05, 3.63) is 35.4 Å². The molecule has 2 nitrogen and oxygen atoms in total. The molecule has 2 heteroatoms. The summed E-state index contributed by atoms with van der Waals surface area (Å²) < 4.78 is 0. The van der Waals surface area contributed by atoms with Crippen LogP contribution >= 0.6 is 0 Å². The van der Waals surface area contributed by atoms with E-state index in [4.69, 9.17) is 0 Å². The van der Waals surface area contributed by atoms with Gasteiger partial charge in [0.1, 0.15) is 0 Å². The number of hydrogen-bond donors (Lipinski definition) is 1. The summed E-state index contributed by atoms with van der Waals surface area (Å²) in [6.45, 7) is 12.2. The van der Waals surface area contributed by atoms with Crippen LogP contribution in [0.4, 0.5) is 0 Å². The molecule has 0 heterocycles. The monoisotopic (exact) mass is 276 g/mol. The quantitative estimate of drug-likeness (QED) is 0.727. The maximum Gasteiger partial charge on any atom is 0.0449 e. The Hall–Kier alpha value is -0.860. The van der Waals surface area contributed by atoms with Gasteiger partial charge < -0.3 is 10.2 Å². The minimum atomic E-state index is 0.433. The predicted octanol–water partition coefficient (Wildman–Crippen LogP) is 4.19. The van der Waals surface area contributed by atoms with Gasteiger partial charge in [0.25, 0.3) is 0 Å². The Morgan fingerprint density at radius 1 is 1.05 bits per heavy atom. The van der Waals surface area contributed by atoms with Gasteiger partial charge in [0, 0.05) is 12.6 Å². The van der Waals surface area contributed by atoms with Crippen molar-refractivity contribution in [1.29, 1.82) is 0 Å². The summed E-state index contributed by atoms with van der Waals surface area (Å²) >= 11 is 0. The standard InChI is InChI=1S/C18H32N2/c1-6-8-13-20(5)14-18(19-7-2)17-11-9-16(10-12-17)15(3)4/h9-12,15,18-19H,6-8,13-14H2,1-5H3. The van der Waals surface area contributed by atoms with Crippen LogP contribution in [0.25, 0.3) is 0 Å². The molecule has 1 unspecified atom stereocenters. The average molecular weight is 276 g/mol. The Morgan fingerprint density at radius 3 is 2.15 bits per heavy atom. The molecule has 0 aliphatic heterocycles. The topological polar surface area (TPSA) is 15.3 Å². The minimum absolute atomic E-state index is 0.433. The maximum absolute atomic E-state index is 3.61. The van der Waals surface area contributed by atoms with Gasteiger partial charge in [0.2, 0.25) is 0 Å². The van der Waals surface area contributed by atoms with E-state index in [0.717, 1.165) is 13.1 Å². The van der Waals surface area contributed by atoms with Gasteiger partial charge in [-0.15, -0.1) is 0 Å². The van der Waals surface area contributed by atoms with Crippen LogP contribution in [0.2, 0.25) is 0 Å². The number of unbranched alkanes of at least 4 members (excludes halogenated alkanes) is 1. The van der Waals surface area contributed by atoms with E-state index in [9.17, 15) is 0 Å². The number of benzene rings is 1. The molecular formula is C18H32N2. The van der Waals surface area contributed by atoms with Gasteiger partial charge in [-0.3, -0.25) is 0 Å². The predicted molar refractivity (Wildman–Crippen MR) is 89.4 cm³/mol. The van der Waals surface area contributed by atoms with Crippen molar-refractivity contribution in [1.82, 2.24) is 10.2 Å². The van der Waals surface area contributed by atoms with Crippen LogP contribution in [0.5, 0.6) is 0 Å². The lowest BCUT2D eigenvalue weighted by atomic mass is 9.99. The van der Waals surface area contributed by atoms with E-state index >= 15 is 0 Å². The SMILES string of the molecule is CCCCN(C)CC(NCC)c1ccc(C(C)C)cc1. The number of rotatable bonds is 9. The first-order valence-electron chi connectivity index (χ1n) is 8.10. The fourth-order valence-electron chi connectivity index (χ4n) is 2.48. The highest BCUT2D eigenvalue weighted by Crippen LogP contribution is 2.19. The third kappa shape index (κ3) is 5.64. The molecule has 0 radical (unpaired) electrons. The Bertz CT molecular complexity index is 356. The van der Waals surface area contributed by atoms with Crippen molar-refractivity contribution >= 4 is 0 Å². The Balaban J connectivity index is 2.69. The molecule has 0 amide bonds. The summed E-state index contributed by atoms with van der Waals surface area (Å²) in [4.78, 5) is 2.44. The fourth-order valence-corrected chi connectivity index (χ4v) is 2.48. The van der Waals surface area contributed by atoms with Crippen LogP contribution in [0.1, 0.15) is 63.6 Å². The molecule has 1 rings (SSSR count). The number of likely N-dealkylation sites (N-methyl/N-ethyl adjacent to an activating group) is 2. The first kappa shape index (κ1) is 17.2. The number of hydrogen-bond acceptors (Lipinski definition) is 2. The van der Waals surface area contributed by atoms with Crippen molar-refractivity contribution in [3.63, 3.8) is 0 Å². The average Bonchev–Trinajstić information content (AvgIpc) is 2.44. The van der Waals surface area contributed by atoms with Crippen LogP contribution in [0.15, 0.2) is 24.3 Å². The molecule has 0 saturated heterocycles. The van der Waals surface area contributed by atoms with Crippen LogP contribution in [-0.4, -0.2) is 31.6 Å². The van der Waals surface area contributed by atoms with E-state index in [1.54, 1.807) is 0 Å². The van der Waals surface area contributed by atoms with Gasteiger partial charge in [-0.05, 0) is 43.6 Å². The van der Waals surface area contributed by atoms with E-state index in [1.165, 1.54) is 30.5 Å². The van der Waals surface area contributed by atoms with Gasteiger partial charge in [-0.2, -0.15) is 0 Å². The van der Waals surface area contributed by atoms with Crippen molar-refractivity contribution in [2.75, 3.05) is 26.7 Å². The Kier molecular flexibility index (Phi) is 7.86. The molecule has 0 spiro atoms. The normalized spacial score (nSPS) is 13.2. The molecule has 20 heavy (non-hydrogen) atoms. The lowest BCUT2D eigenvalue weighted by Gasteiger charge is -2.25. The van der Waals surface area contributed by atoms with Crippen LogP contribution in [0, 0.1) is 0 Å². The third-order valence-corrected chi connectivity index (χ3v) is 3.84. The maximum atomic E-state index is 3.61. The molecule has 0 saturated carbocycles. The van der Waals surface area contributed by atoms with E-state index in [1.807, 2.05) is 0 Å². The fraction of sp³-hybridized carbons (Fsp3) is 0.667. The lowest BCUT2D eigenvalue weighted by molar-refractivity contribution is 0.288. The van der Waals surface area contributed by atoms with Crippen molar-refractivity contribution < 1.29 is 0 Å². The number of nitrogens with one attached hydrogen (secondary N) is 1. The molecule has 1 atom stereocenters. The summed E-state index contributed by atoms with van der Waals surface area (Å²) in [6, 6.07) is 9.56. The lowest BCUT2D eigenvalue weighted by Crippen LogP contribution is -2.33. The van der Waals surface area contributed by atoms with Crippen LogP contribution in [0.3, 0.4) is 0 Å². The first-order chi connectivity index (χ1) is 9.58. The summed E-state index contributed by atoms with van der Waals surface area (Å²) in [5.41, 5.74) is 2.82. The highest BCUT2D eigenvalue weighted by molar-refractivity contribution is 5.27. The highest BCUT2D eigenvalue weighted by Gasteiger charge is 2.13. The summed E-state index contributed by atoms with van der Waals surface area (Å²) in [6.07, 6.45) is 2.54. The molecule has 114 valence electrons.